The lowest BCUT2D eigenvalue weighted by Gasteiger charge is -2.19. The van der Waals surface area contributed by atoms with Crippen LogP contribution in [-0.2, 0) is 4.74 Å². The molecule has 3 rings (SSSR count). The van der Waals surface area contributed by atoms with E-state index in [-0.39, 0.29) is 18.1 Å². The van der Waals surface area contributed by atoms with Gasteiger partial charge in [-0.05, 0) is 55.9 Å². The zero-order chi connectivity index (χ0) is 14.1. The van der Waals surface area contributed by atoms with Crippen LogP contribution in [0.25, 0.3) is 0 Å². The maximum Gasteiger partial charge on any atom is 0.251 e. The van der Waals surface area contributed by atoms with Gasteiger partial charge in [0, 0.05) is 12.2 Å². The van der Waals surface area contributed by atoms with Crippen LogP contribution in [0.15, 0.2) is 18.2 Å². The van der Waals surface area contributed by atoms with Crippen LogP contribution in [0.1, 0.15) is 35.2 Å². The van der Waals surface area contributed by atoms with Crippen molar-refractivity contribution in [1.29, 1.82) is 0 Å². The number of carbonyl (C=O) groups is 1. The Balaban J connectivity index is 1.68. The molecule has 1 aromatic rings. The molecule has 0 bridgehead atoms. The molecule has 20 heavy (non-hydrogen) atoms. The highest BCUT2D eigenvalue weighted by molar-refractivity contribution is 5.95. The molecular weight excluding hydrogens is 254 g/mol. The van der Waals surface area contributed by atoms with E-state index in [0.717, 1.165) is 24.3 Å². The molecule has 1 aliphatic carbocycles. The van der Waals surface area contributed by atoms with E-state index < -0.39 is 0 Å². The molecule has 1 aromatic carbocycles. The van der Waals surface area contributed by atoms with Gasteiger partial charge in [0.2, 0.25) is 0 Å². The van der Waals surface area contributed by atoms with Gasteiger partial charge in [0.1, 0.15) is 0 Å². The number of hydrazine groups is 1. The Hall–Kier alpha value is -1.59. The maximum absolute atomic E-state index is 12.3. The summed E-state index contributed by atoms with van der Waals surface area (Å²) in [5, 5.41) is 3.12. The summed E-state index contributed by atoms with van der Waals surface area (Å²) >= 11 is 0. The molecule has 108 valence electrons. The number of aryl methyl sites for hydroxylation is 1. The smallest absolute Gasteiger partial charge is 0.251 e. The molecule has 2 aliphatic rings. The molecule has 2 unspecified atom stereocenters. The highest BCUT2D eigenvalue weighted by Crippen LogP contribution is 2.38. The fourth-order valence-corrected chi connectivity index (χ4v) is 2.87. The first-order valence-corrected chi connectivity index (χ1v) is 7.19. The van der Waals surface area contributed by atoms with E-state index in [1.54, 1.807) is 6.07 Å². The number of hydrogen-bond acceptors (Lipinski definition) is 4. The van der Waals surface area contributed by atoms with Crippen LogP contribution in [0.5, 0.6) is 0 Å². The van der Waals surface area contributed by atoms with Gasteiger partial charge in [-0.3, -0.25) is 10.6 Å². The van der Waals surface area contributed by atoms with Gasteiger partial charge in [-0.25, -0.2) is 0 Å². The molecule has 5 nitrogen and oxygen atoms in total. The number of nitrogens with one attached hydrogen (secondary N) is 2. The number of nitrogens with two attached hydrogens (primary N) is 1. The van der Waals surface area contributed by atoms with Crippen LogP contribution < -0.4 is 16.6 Å². The van der Waals surface area contributed by atoms with E-state index in [2.05, 4.69) is 10.7 Å². The number of rotatable bonds is 4. The van der Waals surface area contributed by atoms with Gasteiger partial charge in [-0.1, -0.05) is 0 Å². The summed E-state index contributed by atoms with van der Waals surface area (Å²) in [4.78, 5) is 12.3. The summed E-state index contributed by atoms with van der Waals surface area (Å²) < 4.78 is 5.75. The summed E-state index contributed by atoms with van der Waals surface area (Å²) in [6.45, 7) is 2.68. The molecule has 2 fully saturated rings. The van der Waals surface area contributed by atoms with E-state index in [4.69, 9.17) is 10.6 Å². The highest BCUT2D eigenvalue weighted by Gasteiger charge is 2.41. The van der Waals surface area contributed by atoms with Crippen LogP contribution in [0, 0.1) is 12.8 Å². The van der Waals surface area contributed by atoms with Gasteiger partial charge in [0.05, 0.1) is 17.8 Å². The van der Waals surface area contributed by atoms with E-state index in [9.17, 15) is 4.79 Å². The molecule has 4 N–H and O–H groups in total. The molecule has 5 heteroatoms. The Morgan fingerprint density at radius 1 is 1.35 bits per heavy atom. The highest BCUT2D eigenvalue weighted by atomic mass is 16.5. The SMILES string of the molecule is Cc1cc(C(=O)NC2CCOC2C2CC2)ccc1NN. The number of amides is 1. The Morgan fingerprint density at radius 2 is 2.15 bits per heavy atom. The van der Waals surface area contributed by atoms with Crippen LogP contribution >= 0.6 is 0 Å². The second-order valence-electron chi connectivity index (χ2n) is 5.72. The van der Waals surface area contributed by atoms with Crippen molar-refractivity contribution in [2.24, 2.45) is 11.8 Å². The zero-order valence-corrected chi connectivity index (χ0v) is 11.7. The van der Waals surface area contributed by atoms with E-state index in [0.29, 0.717) is 11.5 Å². The average molecular weight is 275 g/mol. The molecular formula is C15H21N3O2. The van der Waals surface area contributed by atoms with Crippen LogP contribution in [-0.4, -0.2) is 24.7 Å². The van der Waals surface area contributed by atoms with Gasteiger partial charge >= 0.3 is 0 Å². The Morgan fingerprint density at radius 3 is 2.80 bits per heavy atom. The monoisotopic (exact) mass is 275 g/mol. The van der Waals surface area contributed by atoms with Crippen LogP contribution in [0.3, 0.4) is 0 Å². The predicted octanol–water partition coefficient (Wildman–Crippen LogP) is 1.58. The minimum absolute atomic E-state index is 0.0298. The Kier molecular flexibility index (Phi) is 3.63. The lowest BCUT2D eigenvalue weighted by molar-refractivity contribution is 0.0729. The number of anilines is 1. The molecule has 1 amide bonds. The third-order valence-corrected chi connectivity index (χ3v) is 4.18. The fraction of sp³-hybridized carbons (Fsp3) is 0.533. The lowest BCUT2D eigenvalue weighted by Crippen LogP contribution is -2.41. The van der Waals surface area contributed by atoms with Gasteiger partial charge in [0.15, 0.2) is 0 Å². The molecule has 1 aliphatic heterocycles. The fourth-order valence-electron chi connectivity index (χ4n) is 2.87. The second-order valence-corrected chi connectivity index (χ2v) is 5.72. The first kappa shape index (κ1) is 13.4. The summed E-state index contributed by atoms with van der Waals surface area (Å²) in [5.41, 5.74) is 5.08. The molecule has 0 spiro atoms. The van der Waals surface area contributed by atoms with Gasteiger partial charge in [-0.2, -0.15) is 0 Å². The summed E-state index contributed by atoms with van der Waals surface area (Å²) in [7, 11) is 0. The van der Waals surface area contributed by atoms with Crippen molar-refractivity contribution >= 4 is 11.6 Å². The molecule has 0 aromatic heterocycles. The third-order valence-electron chi connectivity index (χ3n) is 4.18. The van der Waals surface area contributed by atoms with Crippen molar-refractivity contribution in [3.05, 3.63) is 29.3 Å². The molecule has 2 atom stereocenters. The lowest BCUT2D eigenvalue weighted by atomic mass is 10.0. The largest absolute Gasteiger partial charge is 0.376 e. The minimum atomic E-state index is -0.0298. The number of carbonyl (C=O) groups excluding carboxylic acids is 1. The van der Waals surface area contributed by atoms with E-state index in [1.807, 2.05) is 19.1 Å². The van der Waals surface area contributed by atoms with Crippen molar-refractivity contribution < 1.29 is 9.53 Å². The first-order chi connectivity index (χ1) is 9.69. The molecule has 0 radical (unpaired) electrons. The molecule has 1 saturated carbocycles. The Labute approximate surface area is 118 Å². The number of ether oxygens (including phenoxy) is 1. The van der Waals surface area contributed by atoms with Crippen LogP contribution in [0.2, 0.25) is 0 Å². The van der Waals surface area contributed by atoms with E-state index in [1.165, 1.54) is 12.8 Å². The van der Waals surface area contributed by atoms with Crippen molar-refractivity contribution in [3.63, 3.8) is 0 Å². The number of hydrogen-bond donors (Lipinski definition) is 3. The third kappa shape index (κ3) is 2.64. The standard InChI is InChI=1S/C15H21N3O2/c1-9-8-11(4-5-12(9)18-16)15(19)17-13-6-7-20-14(13)10-2-3-10/h4-5,8,10,13-14,18H,2-3,6-7,16H2,1H3,(H,17,19). The van der Waals surface area contributed by atoms with Crippen LogP contribution in [0.4, 0.5) is 5.69 Å². The van der Waals surface area contributed by atoms with Gasteiger partial charge in [-0.15, -0.1) is 0 Å². The molecule has 1 saturated heterocycles. The second kappa shape index (κ2) is 5.42. The normalized spacial score (nSPS) is 25.5. The summed E-state index contributed by atoms with van der Waals surface area (Å²) in [6, 6.07) is 5.63. The van der Waals surface area contributed by atoms with Crippen molar-refractivity contribution in [1.82, 2.24) is 5.32 Å². The predicted molar refractivity (Wildman–Crippen MR) is 77.3 cm³/mol. The van der Waals surface area contributed by atoms with Gasteiger partial charge < -0.3 is 15.5 Å². The van der Waals surface area contributed by atoms with Crippen molar-refractivity contribution in [3.8, 4) is 0 Å². The van der Waals surface area contributed by atoms with Crippen molar-refractivity contribution in [2.45, 2.75) is 38.3 Å². The summed E-state index contributed by atoms with van der Waals surface area (Å²) in [6.07, 6.45) is 3.58. The molecule has 1 heterocycles. The van der Waals surface area contributed by atoms with Crippen molar-refractivity contribution in [2.75, 3.05) is 12.0 Å². The van der Waals surface area contributed by atoms with Gasteiger partial charge in [0.25, 0.3) is 5.91 Å². The number of benzene rings is 1. The van der Waals surface area contributed by atoms with E-state index >= 15 is 0 Å². The topological polar surface area (TPSA) is 76.4 Å². The Bertz CT molecular complexity index is 514. The number of nitrogen functional groups attached to an aromatic ring is 1. The zero-order valence-electron chi connectivity index (χ0n) is 11.7. The minimum Gasteiger partial charge on any atom is -0.376 e. The summed E-state index contributed by atoms with van der Waals surface area (Å²) in [5.74, 6) is 6.02. The first-order valence-electron chi connectivity index (χ1n) is 7.19. The maximum atomic E-state index is 12.3. The quantitative estimate of drug-likeness (QED) is 0.576. The average Bonchev–Trinajstić information content (AvgIpc) is 3.19.